The van der Waals surface area contributed by atoms with Gasteiger partial charge in [0.15, 0.2) is 16.8 Å². The molecule has 0 aromatic rings. The topological polar surface area (TPSA) is 93.0 Å². The molecular formula is C4H13NO4P2. The van der Waals surface area contributed by atoms with Gasteiger partial charge in [-0.15, -0.1) is 0 Å². The van der Waals surface area contributed by atoms with Gasteiger partial charge >= 0.3 is 0 Å². The quantitative estimate of drug-likeness (QED) is 0.408. The van der Waals surface area contributed by atoms with Crippen LogP contribution in [0.4, 0.5) is 0 Å². The van der Waals surface area contributed by atoms with E-state index in [1.54, 1.807) is 13.8 Å². The van der Waals surface area contributed by atoms with Crippen LogP contribution < -0.4 is 5.32 Å². The molecule has 0 aliphatic rings. The van der Waals surface area contributed by atoms with Crippen LogP contribution in [0.15, 0.2) is 0 Å². The summed E-state index contributed by atoms with van der Waals surface area (Å²) in [6.07, 6.45) is 0. The first-order valence-corrected chi connectivity index (χ1v) is 5.68. The van der Waals surface area contributed by atoms with Gasteiger partial charge in [0.2, 0.25) is 0 Å². The summed E-state index contributed by atoms with van der Waals surface area (Å²) in [5, 5.41) is 2.64. The van der Waals surface area contributed by atoms with Gasteiger partial charge in [-0.1, -0.05) is 0 Å². The van der Waals surface area contributed by atoms with Crippen LogP contribution in [0.1, 0.15) is 13.8 Å². The van der Waals surface area contributed by atoms with Crippen molar-refractivity contribution in [3.63, 3.8) is 0 Å². The van der Waals surface area contributed by atoms with E-state index in [0.29, 0.717) is 0 Å². The smallest absolute Gasteiger partial charge is 0.193 e. The van der Waals surface area contributed by atoms with Crippen LogP contribution in [0.3, 0.4) is 0 Å². The molecule has 7 heteroatoms. The summed E-state index contributed by atoms with van der Waals surface area (Å²) in [5.74, 6) is 0. The first kappa shape index (κ1) is 11.7. The van der Waals surface area contributed by atoms with Gasteiger partial charge in [-0.2, -0.15) is 0 Å². The fourth-order valence-corrected chi connectivity index (χ4v) is 2.13. The van der Waals surface area contributed by atoms with Crippen molar-refractivity contribution in [3.05, 3.63) is 0 Å². The molecule has 0 spiro atoms. The van der Waals surface area contributed by atoms with E-state index in [-0.39, 0.29) is 6.04 Å². The molecule has 68 valence electrons. The average Bonchev–Trinajstić information content (AvgIpc) is 1.81. The number of rotatable bonds is 4. The van der Waals surface area contributed by atoms with Crippen LogP contribution in [0.5, 0.6) is 0 Å². The SMILES string of the molecule is CC(C)NC(P(O)O)P(O)O. The Morgan fingerprint density at radius 3 is 1.45 bits per heavy atom. The van der Waals surface area contributed by atoms with E-state index in [1.807, 2.05) is 0 Å². The molecule has 5 nitrogen and oxygen atoms in total. The van der Waals surface area contributed by atoms with Gasteiger partial charge in [0.1, 0.15) is 5.52 Å². The first-order valence-electron chi connectivity index (χ1n) is 3.05. The highest BCUT2D eigenvalue weighted by Crippen LogP contribution is 2.47. The Labute approximate surface area is 67.9 Å². The Morgan fingerprint density at radius 1 is 1.00 bits per heavy atom. The minimum absolute atomic E-state index is 0.00593. The van der Waals surface area contributed by atoms with Crippen LogP contribution in [-0.2, 0) is 0 Å². The van der Waals surface area contributed by atoms with Crippen molar-refractivity contribution in [2.75, 3.05) is 0 Å². The van der Waals surface area contributed by atoms with Gasteiger partial charge in [-0.25, -0.2) is 0 Å². The zero-order chi connectivity index (χ0) is 9.02. The molecule has 5 N–H and O–H groups in total. The van der Waals surface area contributed by atoms with Gasteiger partial charge in [0, 0.05) is 6.04 Å². The molecule has 0 fully saturated rings. The maximum atomic E-state index is 8.69. The Balaban J connectivity index is 3.90. The van der Waals surface area contributed by atoms with Crippen molar-refractivity contribution < 1.29 is 19.6 Å². The van der Waals surface area contributed by atoms with Gasteiger partial charge in [-0.3, -0.25) is 5.32 Å². The molecule has 0 bridgehead atoms. The molecule has 0 rings (SSSR count). The molecule has 0 aliphatic heterocycles. The summed E-state index contributed by atoms with van der Waals surface area (Å²) >= 11 is 0. The van der Waals surface area contributed by atoms with Gasteiger partial charge in [-0.05, 0) is 13.8 Å². The van der Waals surface area contributed by atoms with Gasteiger partial charge in [0.25, 0.3) is 0 Å². The molecular weight excluding hydrogens is 188 g/mol. The van der Waals surface area contributed by atoms with Crippen molar-refractivity contribution in [1.82, 2.24) is 5.32 Å². The van der Waals surface area contributed by atoms with Crippen LogP contribution in [0.25, 0.3) is 0 Å². The van der Waals surface area contributed by atoms with Crippen molar-refractivity contribution in [3.8, 4) is 0 Å². The predicted molar refractivity (Wildman–Crippen MR) is 44.8 cm³/mol. The zero-order valence-corrected chi connectivity index (χ0v) is 8.13. The third kappa shape index (κ3) is 4.99. The fourth-order valence-electron chi connectivity index (χ4n) is 0.524. The molecule has 0 unspecified atom stereocenters. The maximum Gasteiger partial charge on any atom is 0.193 e. The van der Waals surface area contributed by atoms with Crippen molar-refractivity contribution >= 4 is 16.8 Å². The highest BCUT2D eigenvalue weighted by Gasteiger charge is 2.25. The lowest BCUT2D eigenvalue weighted by Gasteiger charge is -2.22. The Hall–Kier alpha value is 0.660. The van der Waals surface area contributed by atoms with E-state index in [2.05, 4.69) is 5.32 Å². The molecule has 0 aromatic heterocycles. The second-order valence-corrected chi connectivity index (χ2v) is 5.06. The molecule has 0 radical (unpaired) electrons. The molecule has 0 atom stereocenters. The lowest BCUT2D eigenvalue weighted by Crippen LogP contribution is -2.31. The lowest BCUT2D eigenvalue weighted by molar-refractivity contribution is 0.424. The van der Waals surface area contributed by atoms with Crippen LogP contribution in [0.2, 0.25) is 0 Å². The monoisotopic (exact) mass is 201 g/mol. The van der Waals surface area contributed by atoms with Gasteiger partial charge in [0.05, 0.1) is 0 Å². The van der Waals surface area contributed by atoms with Crippen molar-refractivity contribution in [2.45, 2.75) is 25.4 Å². The minimum Gasteiger partial charge on any atom is -0.349 e. The second-order valence-electron chi connectivity index (χ2n) is 2.34. The van der Waals surface area contributed by atoms with E-state index in [0.717, 1.165) is 0 Å². The van der Waals surface area contributed by atoms with E-state index < -0.39 is 22.3 Å². The van der Waals surface area contributed by atoms with E-state index in [9.17, 15) is 0 Å². The Kier molecular flexibility index (Phi) is 5.65. The Bertz CT molecular complexity index is 102. The first-order chi connectivity index (χ1) is 4.95. The Morgan fingerprint density at radius 2 is 1.36 bits per heavy atom. The van der Waals surface area contributed by atoms with Crippen LogP contribution >= 0.6 is 16.8 Å². The van der Waals surface area contributed by atoms with Crippen molar-refractivity contribution in [1.29, 1.82) is 0 Å². The standard InChI is InChI=1S/C4H13NO4P2/c1-3(2)5-4(10(6)7)11(8)9/h3-9H,1-2H3. The number of hydrogen-bond acceptors (Lipinski definition) is 5. The summed E-state index contributed by atoms with van der Waals surface area (Å²) in [4.78, 5) is 34.7. The van der Waals surface area contributed by atoms with E-state index in [4.69, 9.17) is 19.6 Å². The second kappa shape index (κ2) is 5.33. The van der Waals surface area contributed by atoms with Crippen LogP contribution in [-0.4, -0.2) is 31.1 Å². The fraction of sp³-hybridized carbons (Fsp3) is 1.00. The van der Waals surface area contributed by atoms with E-state index in [1.165, 1.54) is 0 Å². The van der Waals surface area contributed by atoms with Crippen LogP contribution in [0, 0.1) is 0 Å². The molecule has 0 heterocycles. The third-order valence-corrected chi connectivity index (χ3v) is 3.33. The highest BCUT2D eigenvalue weighted by atomic mass is 31.2. The highest BCUT2D eigenvalue weighted by molar-refractivity contribution is 7.64. The molecule has 0 saturated heterocycles. The largest absolute Gasteiger partial charge is 0.349 e. The summed E-state index contributed by atoms with van der Waals surface area (Å²) < 4.78 is 0. The molecule has 0 aliphatic carbocycles. The number of nitrogens with one attached hydrogen (secondary N) is 1. The average molecular weight is 201 g/mol. The third-order valence-electron chi connectivity index (χ3n) is 0.920. The normalized spacial score (nSPS) is 12.5. The predicted octanol–water partition coefficient (Wildman–Crippen LogP) is -0.139. The lowest BCUT2D eigenvalue weighted by atomic mass is 10.4. The maximum absolute atomic E-state index is 8.69. The van der Waals surface area contributed by atoms with Gasteiger partial charge < -0.3 is 19.6 Å². The summed E-state index contributed by atoms with van der Waals surface area (Å²) in [6.45, 7) is 3.56. The summed E-state index contributed by atoms with van der Waals surface area (Å²) in [7, 11) is -4.64. The van der Waals surface area contributed by atoms with E-state index >= 15 is 0 Å². The molecule has 11 heavy (non-hydrogen) atoms. The number of hydrogen-bond donors (Lipinski definition) is 5. The molecule has 0 aromatic carbocycles. The minimum atomic E-state index is -2.32. The van der Waals surface area contributed by atoms with Crippen molar-refractivity contribution in [2.24, 2.45) is 0 Å². The summed E-state index contributed by atoms with van der Waals surface area (Å²) in [6, 6.07) is -0.00593. The molecule has 0 saturated carbocycles. The summed E-state index contributed by atoms with van der Waals surface area (Å²) in [5.41, 5.74) is -0.986. The zero-order valence-electron chi connectivity index (χ0n) is 6.34. The molecule has 0 amide bonds.